The average Bonchev–Trinajstić information content (AvgIpc) is 2.58. The van der Waals surface area contributed by atoms with Gasteiger partial charge >= 0.3 is 0 Å². The Morgan fingerprint density at radius 3 is 2.64 bits per heavy atom. The maximum atomic E-state index is 10.2. The zero-order chi connectivity index (χ0) is 10.3. The van der Waals surface area contributed by atoms with Gasteiger partial charge < -0.3 is 14.7 Å². The minimum atomic E-state index is -0.187. The Kier molecular flexibility index (Phi) is 2.82. The van der Waals surface area contributed by atoms with Crippen molar-refractivity contribution in [1.29, 1.82) is 0 Å². The molecular formula is C11H21NO2. The molecule has 3 heteroatoms. The Labute approximate surface area is 86.0 Å². The van der Waals surface area contributed by atoms with Crippen LogP contribution in [0.1, 0.15) is 13.3 Å². The van der Waals surface area contributed by atoms with Crippen molar-refractivity contribution in [2.45, 2.75) is 25.5 Å². The van der Waals surface area contributed by atoms with E-state index in [1.807, 2.05) is 0 Å². The second kappa shape index (κ2) is 3.80. The Bertz CT molecular complexity index is 205. The molecule has 0 spiro atoms. The number of hydrogen-bond donors (Lipinski definition) is 1. The van der Waals surface area contributed by atoms with Crippen LogP contribution in [0.4, 0.5) is 0 Å². The Morgan fingerprint density at radius 1 is 1.29 bits per heavy atom. The molecule has 0 bridgehead atoms. The van der Waals surface area contributed by atoms with E-state index in [1.165, 1.54) is 0 Å². The highest BCUT2D eigenvalue weighted by atomic mass is 16.5. The van der Waals surface area contributed by atoms with Crippen LogP contribution in [-0.4, -0.2) is 49.5 Å². The van der Waals surface area contributed by atoms with Crippen molar-refractivity contribution in [1.82, 2.24) is 4.90 Å². The molecule has 82 valence electrons. The van der Waals surface area contributed by atoms with Gasteiger partial charge in [0.05, 0.1) is 12.7 Å². The van der Waals surface area contributed by atoms with Gasteiger partial charge in [0.2, 0.25) is 0 Å². The minimum absolute atomic E-state index is 0.187. The second-order valence-corrected chi connectivity index (χ2v) is 5.08. The first kappa shape index (κ1) is 10.4. The van der Waals surface area contributed by atoms with Crippen LogP contribution in [0.15, 0.2) is 0 Å². The first-order valence-electron chi connectivity index (χ1n) is 5.53. The molecule has 1 saturated heterocycles. The molecule has 5 atom stereocenters. The average molecular weight is 199 g/mol. The van der Waals surface area contributed by atoms with Crippen molar-refractivity contribution in [2.24, 2.45) is 17.8 Å². The van der Waals surface area contributed by atoms with Crippen LogP contribution in [-0.2, 0) is 4.74 Å². The first-order valence-corrected chi connectivity index (χ1v) is 5.53. The van der Waals surface area contributed by atoms with Gasteiger partial charge in [-0.25, -0.2) is 0 Å². The van der Waals surface area contributed by atoms with Crippen molar-refractivity contribution < 1.29 is 9.84 Å². The molecule has 14 heavy (non-hydrogen) atoms. The van der Waals surface area contributed by atoms with E-state index in [4.69, 9.17) is 4.74 Å². The van der Waals surface area contributed by atoms with Gasteiger partial charge in [0, 0.05) is 12.6 Å². The zero-order valence-electron chi connectivity index (χ0n) is 9.31. The summed E-state index contributed by atoms with van der Waals surface area (Å²) in [4.78, 5) is 2.15. The number of hydrogen-bond acceptors (Lipinski definition) is 3. The molecule has 0 radical (unpaired) electrons. The number of ether oxygens (including phenoxy) is 1. The SMILES string of the molecule is C[C@H]1[C@@H](O)[C@@H](N(C)C)C[C@H]2COC[C@@H]21. The smallest absolute Gasteiger partial charge is 0.0724 e. The van der Waals surface area contributed by atoms with Gasteiger partial charge in [-0.3, -0.25) is 0 Å². The third-order valence-corrected chi connectivity index (χ3v) is 4.06. The predicted octanol–water partition coefficient (Wildman–Crippen LogP) is 0.580. The molecule has 1 heterocycles. The maximum Gasteiger partial charge on any atom is 0.0724 e. The quantitative estimate of drug-likeness (QED) is 0.670. The molecule has 2 aliphatic rings. The number of rotatable bonds is 1. The number of nitrogens with zero attached hydrogens (tertiary/aromatic N) is 1. The molecule has 0 aromatic rings. The van der Waals surface area contributed by atoms with E-state index < -0.39 is 0 Å². The normalized spacial score (nSPS) is 48.2. The fourth-order valence-corrected chi connectivity index (χ4v) is 3.01. The van der Waals surface area contributed by atoms with Crippen LogP contribution in [0.3, 0.4) is 0 Å². The van der Waals surface area contributed by atoms with Crippen molar-refractivity contribution in [3.05, 3.63) is 0 Å². The summed E-state index contributed by atoms with van der Waals surface area (Å²) in [5.74, 6) is 1.63. The topological polar surface area (TPSA) is 32.7 Å². The highest BCUT2D eigenvalue weighted by molar-refractivity contribution is 4.95. The lowest BCUT2D eigenvalue weighted by molar-refractivity contribution is -0.0341. The highest BCUT2D eigenvalue weighted by Gasteiger charge is 2.44. The monoisotopic (exact) mass is 199 g/mol. The molecular weight excluding hydrogens is 178 g/mol. The fraction of sp³-hybridized carbons (Fsp3) is 1.00. The largest absolute Gasteiger partial charge is 0.391 e. The second-order valence-electron chi connectivity index (χ2n) is 5.08. The van der Waals surface area contributed by atoms with Gasteiger partial charge in [0.15, 0.2) is 0 Å². The Hall–Kier alpha value is -0.120. The summed E-state index contributed by atoms with van der Waals surface area (Å²) >= 11 is 0. The molecule has 1 aliphatic carbocycles. The number of aliphatic hydroxyl groups excluding tert-OH is 1. The molecule has 3 nitrogen and oxygen atoms in total. The molecule has 2 fully saturated rings. The number of likely N-dealkylation sites (N-methyl/N-ethyl adjacent to an activating group) is 1. The summed E-state index contributed by atoms with van der Waals surface area (Å²) in [5, 5.41) is 10.2. The van der Waals surface area contributed by atoms with Crippen molar-refractivity contribution >= 4 is 0 Å². The van der Waals surface area contributed by atoms with Crippen LogP contribution in [0, 0.1) is 17.8 Å². The van der Waals surface area contributed by atoms with Crippen LogP contribution >= 0.6 is 0 Å². The highest BCUT2D eigenvalue weighted by Crippen LogP contribution is 2.40. The summed E-state index contributed by atoms with van der Waals surface area (Å²) in [6, 6.07) is 0.313. The predicted molar refractivity (Wildman–Crippen MR) is 55.1 cm³/mol. The van der Waals surface area contributed by atoms with Crippen LogP contribution in [0.25, 0.3) is 0 Å². The van der Waals surface area contributed by atoms with E-state index in [-0.39, 0.29) is 6.10 Å². The number of aliphatic hydroxyl groups is 1. The van der Waals surface area contributed by atoms with Gasteiger partial charge in [0.25, 0.3) is 0 Å². The molecule has 0 unspecified atom stereocenters. The summed E-state index contributed by atoms with van der Waals surface area (Å²) < 4.78 is 5.51. The van der Waals surface area contributed by atoms with Crippen molar-refractivity contribution in [2.75, 3.05) is 27.3 Å². The van der Waals surface area contributed by atoms with Gasteiger partial charge in [-0.1, -0.05) is 6.92 Å². The lowest BCUT2D eigenvalue weighted by Gasteiger charge is -2.42. The molecule has 1 N–H and O–H groups in total. The zero-order valence-corrected chi connectivity index (χ0v) is 9.31. The number of fused-ring (bicyclic) bond motifs is 1. The van der Waals surface area contributed by atoms with Crippen LogP contribution < -0.4 is 0 Å². The third kappa shape index (κ3) is 1.58. The van der Waals surface area contributed by atoms with Crippen LogP contribution in [0.5, 0.6) is 0 Å². The van der Waals surface area contributed by atoms with E-state index in [9.17, 15) is 5.11 Å². The van der Waals surface area contributed by atoms with E-state index >= 15 is 0 Å². The molecule has 1 saturated carbocycles. The molecule has 0 amide bonds. The van der Waals surface area contributed by atoms with Gasteiger partial charge in [-0.15, -0.1) is 0 Å². The summed E-state index contributed by atoms with van der Waals surface area (Å²) in [6.45, 7) is 3.90. The Balaban J connectivity index is 2.11. The third-order valence-electron chi connectivity index (χ3n) is 4.06. The van der Waals surface area contributed by atoms with Gasteiger partial charge in [-0.05, 0) is 38.3 Å². The summed E-state index contributed by atoms with van der Waals surface area (Å²) in [7, 11) is 4.10. The minimum Gasteiger partial charge on any atom is -0.391 e. The Morgan fingerprint density at radius 2 is 2.00 bits per heavy atom. The van der Waals surface area contributed by atoms with E-state index in [0.29, 0.717) is 23.8 Å². The standard InChI is InChI=1S/C11H21NO2/c1-7-9-6-14-5-8(9)4-10(11(7)13)12(2)3/h7-11,13H,4-6H2,1-3H3/t7-,8+,9-,10+,11-/m1/s1. The fourth-order valence-electron chi connectivity index (χ4n) is 3.01. The molecule has 1 aliphatic heterocycles. The van der Waals surface area contributed by atoms with Crippen molar-refractivity contribution in [3.63, 3.8) is 0 Å². The maximum absolute atomic E-state index is 10.2. The van der Waals surface area contributed by atoms with E-state index in [0.717, 1.165) is 19.6 Å². The van der Waals surface area contributed by atoms with E-state index in [1.54, 1.807) is 0 Å². The first-order chi connectivity index (χ1) is 6.61. The summed E-state index contributed by atoms with van der Waals surface area (Å²) in [5.41, 5.74) is 0. The molecule has 0 aromatic heterocycles. The lowest BCUT2D eigenvalue weighted by atomic mass is 9.70. The van der Waals surface area contributed by atoms with E-state index in [2.05, 4.69) is 25.9 Å². The van der Waals surface area contributed by atoms with Gasteiger partial charge in [-0.2, -0.15) is 0 Å². The lowest BCUT2D eigenvalue weighted by Crippen LogP contribution is -2.51. The van der Waals surface area contributed by atoms with Crippen LogP contribution in [0.2, 0.25) is 0 Å². The van der Waals surface area contributed by atoms with Crippen molar-refractivity contribution in [3.8, 4) is 0 Å². The van der Waals surface area contributed by atoms with Gasteiger partial charge in [0.1, 0.15) is 0 Å². The molecule has 0 aromatic carbocycles. The molecule has 2 rings (SSSR count). The summed E-state index contributed by atoms with van der Waals surface area (Å²) in [6.07, 6.45) is 0.899.